The Labute approximate surface area is 125 Å². The zero-order valence-electron chi connectivity index (χ0n) is 14.0. The molecule has 0 spiro atoms. The lowest BCUT2D eigenvalue weighted by atomic mass is 9.95. The van der Waals surface area contributed by atoms with Gasteiger partial charge >= 0.3 is 0 Å². The van der Waals surface area contributed by atoms with Crippen molar-refractivity contribution in [3.05, 3.63) is 0 Å². The second kappa shape index (κ2) is 6.76. The molecule has 1 N–H and O–H groups in total. The van der Waals surface area contributed by atoms with Crippen LogP contribution in [0.15, 0.2) is 0 Å². The molecule has 1 saturated heterocycles. The summed E-state index contributed by atoms with van der Waals surface area (Å²) in [6, 6.07) is 0.793. The van der Waals surface area contributed by atoms with E-state index in [1.807, 2.05) is 0 Å². The lowest BCUT2D eigenvalue weighted by Gasteiger charge is -2.47. The maximum Gasteiger partial charge on any atom is 0.0760 e. The van der Waals surface area contributed by atoms with Crippen LogP contribution in [0.25, 0.3) is 0 Å². The number of hydrogen-bond donors (Lipinski definition) is 1. The Balaban J connectivity index is 1.65. The highest BCUT2D eigenvalue weighted by Gasteiger charge is 2.37. The molecule has 0 atom stereocenters. The molecule has 3 nitrogen and oxygen atoms in total. The van der Waals surface area contributed by atoms with Crippen LogP contribution < -0.4 is 5.32 Å². The van der Waals surface area contributed by atoms with Crippen LogP contribution in [-0.4, -0.2) is 48.3 Å². The van der Waals surface area contributed by atoms with E-state index in [4.69, 9.17) is 4.74 Å². The zero-order valence-corrected chi connectivity index (χ0v) is 14.0. The van der Waals surface area contributed by atoms with Crippen LogP contribution in [0.4, 0.5) is 0 Å². The highest BCUT2D eigenvalue weighted by atomic mass is 16.5. The van der Waals surface area contributed by atoms with Crippen LogP contribution in [0.3, 0.4) is 0 Å². The highest BCUT2D eigenvalue weighted by molar-refractivity contribution is 4.89. The first-order valence-corrected chi connectivity index (χ1v) is 8.52. The molecule has 118 valence electrons. The quantitative estimate of drug-likeness (QED) is 0.784. The third kappa shape index (κ3) is 5.34. The fourth-order valence-electron chi connectivity index (χ4n) is 4.02. The van der Waals surface area contributed by atoms with E-state index in [1.165, 1.54) is 51.6 Å². The van der Waals surface area contributed by atoms with Gasteiger partial charge in [0.1, 0.15) is 0 Å². The summed E-state index contributed by atoms with van der Waals surface area (Å²) in [5.74, 6) is 0. The van der Waals surface area contributed by atoms with E-state index in [0.717, 1.165) is 19.1 Å². The summed E-state index contributed by atoms with van der Waals surface area (Å²) in [5, 5.41) is 3.74. The summed E-state index contributed by atoms with van der Waals surface area (Å²) in [6.45, 7) is 13.3. The predicted octanol–water partition coefficient (Wildman–Crippen LogP) is 3.19. The predicted molar refractivity (Wildman–Crippen MR) is 85.2 cm³/mol. The molecule has 3 heteroatoms. The second-order valence-corrected chi connectivity index (χ2v) is 7.97. The zero-order chi connectivity index (χ0) is 14.6. The van der Waals surface area contributed by atoms with E-state index >= 15 is 0 Å². The molecule has 0 bridgehead atoms. The van der Waals surface area contributed by atoms with Crippen LogP contribution in [-0.2, 0) is 4.74 Å². The van der Waals surface area contributed by atoms with Crippen LogP contribution in [0.2, 0.25) is 0 Å². The molecule has 0 aromatic rings. The third-order valence-electron chi connectivity index (χ3n) is 4.45. The number of ether oxygens (including phenoxy) is 1. The largest absolute Gasteiger partial charge is 0.367 e. The van der Waals surface area contributed by atoms with Gasteiger partial charge in [-0.2, -0.15) is 0 Å². The normalized spacial score (nSPS) is 27.6. The first-order chi connectivity index (χ1) is 9.36. The van der Waals surface area contributed by atoms with E-state index in [9.17, 15) is 0 Å². The molecule has 2 rings (SSSR count). The summed E-state index contributed by atoms with van der Waals surface area (Å²) < 4.78 is 6.14. The van der Waals surface area contributed by atoms with Crippen molar-refractivity contribution in [3.63, 3.8) is 0 Å². The molecule has 0 aromatic heterocycles. The van der Waals surface area contributed by atoms with Gasteiger partial charge in [0.15, 0.2) is 0 Å². The Hall–Kier alpha value is -0.120. The van der Waals surface area contributed by atoms with Gasteiger partial charge < -0.3 is 10.1 Å². The lowest BCUT2D eigenvalue weighted by Crippen LogP contribution is -2.57. The van der Waals surface area contributed by atoms with Crippen molar-refractivity contribution in [3.8, 4) is 0 Å². The highest BCUT2D eigenvalue weighted by Crippen LogP contribution is 2.27. The Kier molecular flexibility index (Phi) is 5.49. The van der Waals surface area contributed by atoms with Crippen molar-refractivity contribution < 1.29 is 4.74 Å². The molecule has 0 radical (unpaired) electrons. The first-order valence-electron chi connectivity index (χ1n) is 8.52. The molecule has 0 unspecified atom stereocenters. The van der Waals surface area contributed by atoms with Crippen molar-refractivity contribution >= 4 is 0 Å². The second-order valence-electron chi connectivity index (χ2n) is 7.97. The maximum absolute atomic E-state index is 6.14. The van der Waals surface area contributed by atoms with Gasteiger partial charge in [0.05, 0.1) is 11.2 Å². The first kappa shape index (κ1) is 16.3. The van der Waals surface area contributed by atoms with E-state index < -0.39 is 0 Å². The molecule has 1 aliphatic carbocycles. The van der Waals surface area contributed by atoms with Gasteiger partial charge in [0.25, 0.3) is 0 Å². The van der Waals surface area contributed by atoms with E-state index in [0.29, 0.717) is 0 Å². The lowest BCUT2D eigenvalue weighted by molar-refractivity contribution is -0.180. The molecule has 1 saturated carbocycles. The Morgan fingerprint density at radius 1 is 1.00 bits per heavy atom. The average Bonchev–Trinajstić information content (AvgIpc) is 2.32. The van der Waals surface area contributed by atoms with Crippen molar-refractivity contribution in [1.82, 2.24) is 10.2 Å². The van der Waals surface area contributed by atoms with Crippen LogP contribution in [0.5, 0.6) is 0 Å². The number of hydrogen-bond acceptors (Lipinski definition) is 3. The smallest absolute Gasteiger partial charge is 0.0760 e. The van der Waals surface area contributed by atoms with Crippen molar-refractivity contribution in [1.29, 1.82) is 0 Å². The van der Waals surface area contributed by atoms with Gasteiger partial charge in [-0.1, -0.05) is 19.3 Å². The van der Waals surface area contributed by atoms with E-state index in [2.05, 4.69) is 37.9 Å². The van der Waals surface area contributed by atoms with E-state index in [-0.39, 0.29) is 11.2 Å². The minimum Gasteiger partial charge on any atom is -0.367 e. The standard InChI is InChI=1S/C17H34N2O/c1-16(2)13-19(14-17(3,4)20-16)12-8-11-18-15-9-6-5-7-10-15/h15,18H,5-14H2,1-4H3. The molecular formula is C17H34N2O. The Bertz CT molecular complexity index is 279. The monoisotopic (exact) mass is 282 g/mol. The fraction of sp³-hybridized carbons (Fsp3) is 1.00. The fourth-order valence-corrected chi connectivity index (χ4v) is 4.02. The summed E-state index contributed by atoms with van der Waals surface area (Å²) in [5.41, 5.74) is -0.0307. The summed E-state index contributed by atoms with van der Waals surface area (Å²) in [7, 11) is 0. The molecule has 1 aliphatic heterocycles. The van der Waals surface area contributed by atoms with Crippen molar-refractivity contribution in [2.45, 2.75) is 83.5 Å². The molecule has 2 fully saturated rings. The minimum absolute atomic E-state index is 0.0153. The van der Waals surface area contributed by atoms with Crippen molar-refractivity contribution in [2.24, 2.45) is 0 Å². The van der Waals surface area contributed by atoms with Gasteiger partial charge in [-0.15, -0.1) is 0 Å². The molecule has 0 amide bonds. The average molecular weight is 282 g/mol. The third-order valence-corrected chi connectivity index (χ3v) is 4.45. The molecule has 1 heterocycles. The number of rotatable bonds is 5. The maximum atomic E-state index is 6.14. The van der Waals surface area contributed by atoms with Crippen LogP contribution in [0, 0.1) is 0 Å². The Morgan fingerprint density at radius 3 is 2.20 bits per heavy atom. The molecule has 20 heavy (non-hydrogen) atoms. The summed E-state index contributed by atoms with van der Waals surface area (Å²) >= 11 is 0. The summed E-state index contributed by atoms with van der Waals surface area (Å²) in [4.78, 5) is 2.58. The summed E-state index contributed by atoms with van der Waals surface area (Å²) in [6.07, 6.45) is 8.31. The van der Waals surface area contributed by atoms with Gasteiger partial charge in [-0.05, 0) is 60.0 Å². The Morgan fingerprint density at radius 2 is 1.60 bits per heavy atom. The van der Waals surface area contributed by atoms with Gasteiger partial charge in [-0.3, -0.25) is 4.90 Å². The molecule has 2 aliphatic rings. The molecule has 0 aromatic carbocycles. The van der Waals surface area contributed by atoms with Gasteiger partial charge in [-0.25, -0.2) is 0 Å². The van der Waals surface area contributed by atoms with Gasteiger partial charge in [0.2, 0.25) is 0 Å². The number of morpholine rings is 1. The van der Waals surface area contributed by atoms with Crippen molar-refractivity contribution in [2.75, 3.05) is 26.2 Å². The number of nitrogens with zero attached hydrogens (tertiary/aromatic N) is 1. The topological polar surface area (TPSA) is 24.5 Å². The SMILES string of the molecule is CC1(C)CN(CCCNC2CCCCC2)CC(C)(C)O1. The minimum atomic E-state index is -0.0153. The van der Waals surface area contributed by atoms with Crippen LogP contribution >= 0.6 is 0 Å². The van der Waals surface area contributed by atoms with Gasteiger partial charge in [0, 0.05) is 19.1 Å². The number of nitrogens with one attached hydrogen (secondary N) is 1. The van der Waals surface area contributed by atoms with E-state index in [1.54, 1.807) is 0 Å². The molecular weight excluding hydrogens is 248 g/mol. The van der Waals surface area contributed by atoms with Crippen LogP contribution in [0.1, 0.15) is 66.2 Å².